The molecule has 0 bridgehead atoms. The predicted octanol–water partition coefficient (Wildman–Crippen LogP) is 1.61. The first kappa shape index (κ1) is 16.0. The largest absolute Gasteiger partial charge is 0.481 e. The molecule has 1 aliphatic rings. The third-order valence-electron chi connectivity index (χ3n) is 3.83. The van der Waals surface area contributed by atoms with E-state index in [2.05, 4.69) is 6.92 Å². The number of carboxylic acids is 1. The number of nitrogens with zero attached hydrogens (tertiary/aromatic N) is 1. The summed E-state index contributed by atoms with van der Waals surface area (Å²) in [7, 11) is 0. The van der Waals surface area contributed by atoms with Crippen LogP contribution >= 0.6 is 0 Å². The van der Waals surface area contributed by atoms with E-state index < -0.39 is 5.97 Å². The number of rotatable bonds is 7. The summed E-state index contributed by atoms with van der Waals surface area (Å²) in [5, 5.41) is 8.66. The van der Waals surface area contributed by atoms with Crippen LogP contribution in [-0.4, -0.2) is 41.0 Å². The number of piperidine rings is 1. The fourth-order valence-electron chi connectivity index (χ4n) is 2.62. The number of carbonyl (C=O) groups is 2. The monoisotopic (exact) mass is 270 g/mol. The van der Waals surface area contributed by atoms with Gasteiger partial charge >= 0.3 is 5.97 Å². The molecule has 1 aliphatic heterocycles. The molecule has 19 heavy (non-hydrogen) atoms. The molecule has 1 heterocycles. The molecule has 0 radical (unpaired) electrons. The Labute approximate surface area is 115 Å². The summed E-state index contributed by atoms with van der Waals surface area (Å²) in [6, 6.07) is -0.0257. The van der Waals surface area contributed by atoms with Gasteiger partial charge in [0.15, 0.2) is 0 Å². The standard InChI is InChI=1S/C14H26N2O3/c1-2-3-12(15)10-13(17)16-8-6-11(7-9-16)4-5-14(18)19/h11-12H,2-10,15H2,1H3,(H,18,19). The summed E-state index contributed by atoms with van der Waals surface area (Å²) in [6.45, 7) is 3.57. The first-order valence-electron chi connectivity index (χ1n) is 7.28. The lowest BCUT2D eigenvalue weighted by Crippen LogP contribution is -2.41. The van der Waals surface area contributed by atoms with Crippen molar-refractivity contribution in [1.82, 2.24) is 4.90 Å². The van der Waals surface area contributed by atoms with Crippen LogP contribution in [0.25, 0.3) is 0 Å². The van der Waals surface area contributed by atoms with Gasteiger partial charge in [0.1, 0.15) is 0 Å². The third-order valence-corrected chi connectivity index (χ3v) is 3.83. The van der Waals surface area contributed by atoms with Crippen LogP contribution < -0.4 is 5.73 Å². The van der Waals surface area contributed by atoms with Crippen LogP contribution in [0, 0.1) is 5.92 Å². The van der Waals surface area contributed by atoms with E-state index in [-0.39, 0.29) is 18.4 Å². The van der Waals surface area contributed by atoms with Crippen molar-refractivity contribution >= 4 is 11.9 Å². The van der Waals surface area contributed by atoms with Crippen molar-refractivity contribution < 1.29 is 14.7 Å². The minimum absolute atomic E-state index is 0.0257. The van der Waals surface area contributed by atoms with Gasteiger partial charge in [0.25, 0.3) is 0 Å². The van der Waals surface area contributed by atoms with Crippen LogP contribution in [-0.2, 0) is 9.59 Å². The van der Waals surface area contributed by atoms with Crippen LogP contribution in [0.1, 0.15) is 51.9 Å². The van der Waals surface area contributed by atoms with Crippen molar-refractivity contribution in [2.24, 2.45) is 11.7 Å². The van der Waals surface area contributed by atoms with E-state index >= 15 is 0 Å². The highest BCUT2D eigenvalue weighted by atomic mass is 16.4. The Bertz CT molecular complexity index is 299. The van der Waals surface area contributed by atoms with Crippen LogP contribution in [0.5, 0.6) is 0 Å². The van der Waals surface area contributed by atoms with Crippen LogP contribution in [0.15, 0.2) is 0 Å². The molecule has 110 valence electrons. The van der Waals surface area contributed by atoms with Gasteiger partial charge in [-0.1, -0.05) is 13.3 Å². The maximum atomic E-state index is 12.0. The molecule has 0 aromatic carbocycles. The second-order valence-electron chi connectivity index (χ2n) is 5.51. The molecule has 1 amide bonds. The topological polar surface area (TPSA) is 83.6 Å². The van der Waals surface area contributed by atoms with E-state index in [1.54, 1.807) is 0 Å². The van der Waals surface area contributed by atoms with Gasteiger partial charge in [-0.15, -0.1) is 0 Å². The maximum absolute atomic E-state index is 12.0. The SMILES string of the molecule is CCCC(N)CC(=O)N1CCC(CCC(=O)O)CC1. The van der Waals surface area contributed by atoms with Gasteiger partial charge in [-0.05, 0) is 31.6 Å². The number of carboxylic acid groups (broad SMARTS) is 1. The summed E-state index contributed by atoms with van der Waals surface area (Å²) in [5.74, 6) is -0.133. The zero-order valence-corrected chi connectivity index (χ0v) is 11.8. The van der Waals surface area contributed by atoms with Crippen LogP contribution in [0.4, 0.5) is 0 Å². The lowest BCUT2D eigenvalue weighted by molar-refractivity contribution is -0.138. The summed E-state index contributed by atoms with van der Waals surface area (Å²) in [5.41, 5.74) is 5.89. The number of carbonyl (C=O) groups excluding carboxylic acids is 1. The average molecular weight is 270 g/mol. The van der Waals surface area contributed by atoms with Gasteiger partial charge in [0.05, 0.1) is 0 Å². The van der Waals surface area contributed by atoms with Crippen molar-refractivity contribution in [2.75, 3.05) is 13.1 Å². The minimum atomic E-state index is -0.732. The van der Waals surface area contributed by atoms with Crippen LogP contribution in [0.3, 0.4) is 0 Å². The van der Waals surface area contributed by atoms with E-state index in [4.69, 9.17) is 10.8 Å². The van der Waals surface area contributed by atoms with Crippen molar-refractivity contribution in [1.29, 1.82) is 0 Å². The van der Waals surface area contributed by atoms with Gasteiger partial charge in [-0.3, -0.25) is 9.59 Å². The highest BCUT2D eigenvalue weighted by Crippen LogP contribution is 2.22. The Morgan fingerprint density at radius 2 is 2.00 bits per heavy atom. The third kappa shape index (κ3) is 6.05. The van der Waals surface area contributed by atoms with Crippen LogP contribution in [0.2, 0.25) is 0 Å². The van der Waals surface area contributed by atoms with E-state index in [0.29, 0.717) is 12.3 Å². The molecule has 5 heteroatoms. The smallest absolute Gasteiger partial charge is 0.303 e. The van der Waals surface area contributed by atoms with Gasteiger partial charge in [-0.2, -0.15) is 0 Å². The Morgan fingerprint density at radius 3 is 2.53 bits per heavy atom. The van der Waals surface area contributed by atoms with Gasteiger partial charge in [-0.25, -0.2) is 0 Å². The molecular weight excluding hydrogens is 244 g/mol. The van der Waals surface area contributed by atoms with E-state index in [1.165, 1.54) is 0 Å². The number of hydrogen-bond donors (Lipinski definition) is 2. The highest BCUT2D eigenvalue weighted by Gasteiger charge is 2.23. The molecule has 1 saturated heterocycles. The first-order chi connectivity index (χ1) is 9.02. The molecule has 0 saturated carbocycles. The molecule has 0 aromatic rings. The summed E-state index contributed by atoms with van der Waals surface area (Å²) in [4.78, 5) is 24.4. The fourth-order valence-corrected chi connectivity index (χ4v) is 2.62. The van der Waals surface area contributed by atoms with Crippen molar-refractivity contribution in [3.05, 3.63) is 0 Å². The zero-order valence-electron chi connectivity index (χ0n) is 11.8. The molecule has 0 spiro atoms. The number of hydrogen-bond acceptors (Lipinski definition) is 3. The lowest BCUT2D eigenvalue weighted by atomic mass is 9.92. The van der Waals surface area contributed by atoms with E-state index in [9.17, 15) is 9.59 Å². The second-order valence-corrected chi connectivity index (χ2v) is 5.51. The molecule has 1 rings (SSSR count). The predicted molar refractivity (Wildman–Crippen MR) is 73.7 cm³/mol. The number of likely N-dealkylation sites (tertiary alicyclic amines) is 1. The fraction of sp³-hybridized carbons (Fsp3) is 0.857. The van der Waals surface area contributed by atoms with E-state index in [1.807, 2.05) is 4.90 Å². The maximum Gasteiger partial charge on any atom is 0.303 e. The molecule has 3 N–H and O–H groups in total. The van der Waals surface area contributed by atoms with Gasteiger partial charge in [0, 0.05) is 32.0 Å². The van der Waals surface area contributed by atoms with Gasteiger partial charge < -0.3 is 15.7 Å². The number of aliphatic carboxylic acids is 1. The lowest BCUT2D eigenvalue weighted by Gasteiger charge is -2.32. The summed E-state index contributed by atoms with van der Waals surface area (Å²) < 4.78 is 0. The molecule has 5 nitrogen and oxygen atoms in total. The second kappa shape index (κ2) is 8.15. The van der Waals surface area contributed by atoms with Crippen molar-refractivity contribution in [2.45, 2.75) is 57.9 Å². The Balaban J connectivity index is 2.25. The molecule has 1 atom stereocenters. The summed E-state index contributed by atoms with van der Waals surface area (Å²) >= 11 is 0. The Hall–Kier alpha value is -1.10. The molecule has 1 unspecified atom stereocenters. The normalized spacial score (nSPS) is 18.3. The quantitative estimate of drug-likeness (QED) is 0.736. The Kier molecular flexibility index (Phi) is 6.84. The van der Waals surface area contributed by atoms with Crippen molar-refractivity contribution in [3.63, 3.8) is 0 Å². The average Bonchev–Trinajstić information content (AvgIpc) is 2.37. The summed E-state index contributed by atoms with van der Waals surface area (Å²) in [6.07, 6.45) is 5.14. The van der Waals surface area contributed by atoms with E-state index in [0.717, 1.165) is 45.2 Å². The molecule has 0 aliphatic carbocycles. The van der Waals surface area contributed by atoms with Gasteiger partial charge in [0.2, 0.25) is 5.91 Å². The first-order valence-corrected chi connectivity index (χ1v) is 7.28. The molecule has 1 fully saturated rings. The molecule has 0 aromatic heterocycles. The zero-order chi connectivity index (χ0) is 14.3. The number of amides is 1. The molecular formula is C14H26N2O3. The minimum Gasteiger partial charge on any atom is -0.481 e. The Morgan fingerprint density at radius 1 is 1.37 bits per heavy atom. The van der Waals surface area contributed by atoms with Crippen molar-refractivity contribution in [3.8, 4) is 0 Å². The highest BCUT2D eigenvalue weighted by molar-refractivity contribution is 5.76. The number of nitrogens with two attached hydrogens (primary N) is 1.